The molecule has 0 spiro atoms. The van der Waals surface area contributed by atoms with Crippen LogP contribution in [0.3, 0.4) is 0 Å². The van der Waals surface area contributed by atoms with E-state index in [9.17, 15) is 0 Å². The van der Waals surface area contributed by atoms with Gasteiger partial charge < -0.3 is 4.98 Å². The summed E-state index contributed by atoms with van der Waals surface area (Å²) in [5, 5.41) is 0. The summed E-state index contributed by atoms with van der Waals surface area (Å²) >= 11 is 3.49. The monoisotopic (exact) mass is 331 g/mol. The van der Waals surface area contributed by atoms with Crippen LogP contribution in [0.1, 0.15) is 43.8 Å². The number of imidazole rings is 1. The topological polar surface area (TPSA) is 41.6 Å². The molecule has 0 atom stereocenters. The molecule has 0 radical (unpaired) electrons. The fourth-order valence-corrected chi connectivity index (χ4v) is 5.75. The van der Waals surface area contributed by atoms with Crippen molar-refractivity contribution in [1.29, 1.82) is 0 Å². The second-order valence-electron chi connectivity index (χ2n) is 7.10. The molecule has 0 aromatic carbocycles. The van der Waals surface area contributed by atoms with E-state index in [-0.39, 0.29) is 0 Å². The summed E-state index contributed by atoms with van der Waals surface area (Å²) in [7, 11) is 0. The normalized spacial score (nSPS) is 38.8. The number of hydrogen-bond acceptors (Lipinski definition) is 2. The fourth-order valence-electron chi connectivity index (χ4n) is 5.42. The molecule has 2 aromatic heterocycles. The number of pyridine rings is 1. The first-order valence-corrected chi connectivity index (χ1v) is 8.56. The van der Waals surface area contributed by atoms with Crippen LogP contribution in [-0.2, 0) is 0 Å². The minimum absolute atomic E-state index is 0.663. The molecule has 104 valence electrons. The Labute approximate surface area is 126 Å². The van der Waals surface area contributed by atoms with Crippen molar-refractivity contribution in [3.63, 3.8) is 0 Å². The van der Waals surface area contributed by atoms with Crippen LogP contribution in [0.2, 0.25) is 0 Å². The van der Waals surface area contributed by atoms with Gasteiger partial charge in [-0.2, -0.15) is 0 Å². The van der Waals surface area contributed by atoms with Crippen molar-refractivity contribution in [2.75, 3.05) is 0 Å². The number of rotatable bonds is 1. The van der Waals surface area contributed by atoms with Crippen LogP contribution >= 0.6 is 15.9 Å². The SMILES string of the molecule is Brc1cnc2nc(C3C4CC5CC(C4)CC3C5)[nH]c2c1. The van der Waals surface area contributed by atoms with Gasteiger partial charge in [0, 0.05) is 16.6 Å². The highest BCUT2D eigenvalue weighted by atomic mass is 79.9. The third-order valence-corrected chi connectivity index (χ3v) is 6.30. The predicted molar refractivity (Wildman–Crippen MR) is 81.4 cm³/mol. The summed E-state index contributed by atoms with van der Waals surface area (Å²) in [4.78, 5) is 12.8. The van der Waals surface area contributed by atoms with Crippen LogP contribution in [-0.4, -0.2) is 15.0 Å². The molecule has 4 aliphatic carbocycles. The smallest absolute Gasteiger partial charge is 0.177 e. The summed E-state index contributed by atoms with van der Waals surface area (Å²) in [6.07, 6.45) is 9.09. The zero-order valence-electron chi connectivity index (χ0n) is 11.3. The summed E-state index contributed by atoms with van der Waals surface area (Å²) in [6, 6.07) is 2.09. The van der Waals surface area contributed by atoms with Crippen LogP contribution < -0.4 is 0 Å². The van der Waals surface area contributed by atoms with Crippen LogP contribution in [0.5, 0.6) is 0 Å². The highest BCUT2D eigenvalue weighted by molar-refractivity contribution is 9.10. The third-order valence-electron chi connectivity index (χ3n) is 5.86. The Morgan fingerprint density at radius 1 is 1.05 bits per heavy atom. The highest BCUT2D eigenvalue weighted by Gasteiger charge is 2.49. The Kier molecular flexibility index (Phi) is 2.38. The van der Waals surface area contributed by atoms with E-state index in [0.29, 0.717) is 5.92 Å². The van der Waals surface area contributed by atoms with E-state index >= 15 is 0 Å². The molecule has 4 fully saturated rings. The van der Waals surface area contributed by atoms with Crippen molar-refractivity contribution >= 4 is 27.1 Å². The van der Waals surface area contributed by atoms with Crippen molar-refractivity contribution in [2.45, 2.75) is 38.0 Å². The molecule has 2 heterocycles. The zero-order valence-corrected chi connectivity index (χ0v) is 12.9. The minimum Gasteiger partial charge on any atom is -0.340 e. The van der Waals surface area contributed by atoms with Crippen molar-refractivity contribution < 1.29 is 0 Å². The van der Waals surface area contributed by atoms with Crippen LogP contribution in [0, 0.1) is 23.7 Å². The number of H-pyrrole nitrogens is 1. The second kappa shape index (κ2) is 4.06. The van der Waals surface area contributed by atoms with Gasteiger partial charge in [-0.15, -0.1) is 0 Å². The highest BCUT2D eigenvalue weighted by Crippen LogP contribution is 2.59. The maximum atomic E-state index is 4.81. The lowest BCUT2D eigenvalue weighted by Gasteiger charge is -2.53. The van der Waals surface area contributed by atoms with Gasteiger partial charge in [-0.25, -0.2) is 9.97 Å². The van der Waals surface area contributed by atoms with Gasteiger partial charge >= 0.3 is 0 Å². The average molecular weight is 332 g/mol. The van der Waals surface area contributed by atoms with Gasteiger partial charge in [-0.3, -0.25) is 0 Å². The molecular formula is C16H18BrN3. The summed E-state index contributed by atoms with van der Waals surface area (Å²) in [5.74, 6) is 5.65. The van der Waals surface area contributed by atoms with Gasteiger partial charge in [0.1, 0.15) is 5.82 Å². The summed E-state index contributed by atoms with van der Waals surface area (Å²) in [6.45, 7) is 0. The molecule has 0 aliphatic heterocycles. The Morgan fingerprint density at radius 3 is 2.45 bits per heavy atom. The van der Waals surface area contributed by atoms with Gasteiger partial charge in [-0.05, 0) is 77.8 Å². The molecule has 0 unspecified atom stereocenters. The Hall–Kier alpha value is -0.900. The molecule has 4 aliphatic rings. The Bertz CT molecular complexity index is 649. The lowest BCUT2D eigenvalue weighted by molar-refractivity contribution is -0.00529. The first-order chi connectivity index (χ1) is 9.76. The van der Waals surface area contributed by atoms with E-state index in [1.165, 1.54) is 37.9 Å². The van der Waals surface area contributed by atoms with Crippen LogP contribution in [0.4, 0.5) is 0 Å². The molecular weight excluding hydrogens is 314 g/mol. The lowest BCUT2D eigenvalue weighted by Crippen LogP contribution is -2.44. The number of nitrogens with one attached hydrogen (secondary N) is 1. The predicted octanol–water partition coefficient (Wildman–Crippen LogP) is 4.26. The number of hydrogen-bond donors (Lipinski definition) is 1. The summed E-state index contributed by atoms with van der Waals surface area (Å²) in [5.41, 5.74) is 1.94. The molecule has 4 saturated carbocycles. The van der Waals surface area contributed by atoms with Crippen molar-refractivity contribution in [2.24, 2.45) is 23.7 Å². The molecule has 20 heavy (non-hydrogen) atoms. The third kappa shape index (κ3) is 1.63. The maximum Gasteiger partial charge on any atom is 0.177 e. The van der Waals surface area contributed by atoms with E-state index in [2.05, 4.69) is 32.0 Å². The number of aromatic amines is 1. The minimum atomic E-state index is 0.663. The van der Waals surface area contributed by atoms with Gasteiger partial charge in [0.2, 0.25) is 0 Å². The Balaban J connectivity index is 1.57. The van der Waals surface area contributed by atoms with E-state index in [1.807, 2.05) is 6.20 Å². The maximum absolute atomic E-state index is 4.81. The van der Waals surface area contributed by atoms with E-state index < -0.39 is 0 Å². The largest absolute Gasteiger partial charge is 0.340 e. The molecule has 0 amide bonds. The van der Waals surface area contributed by atoms with E-state index in [1.54, 1.807) is 0 Å². The Morgan fingerprint density at radius 2 is 1.75 bits per heavy atom. The number of halogens is 1. The van der Waals surface area contributed by atoms with Gasteiger partial charge in [-0.1, -0.05) is 0 Å². The van der Waals surface area contributed by atoms with Gasteiger partial charge in [0.25, 0.3) is 0 Å². The van der Waals surface area contributed by atoms with E-state index in [4.69, 9.17) is 4.98 Å². The standard InChI is InChI=1S/C16H18BrN3/c17-12-6-13-15(18-7-12)20-16(19-13)14-10-2-8-1-9(4-10)5-11(14)3-8/h6-11,14H,1-5H2,(H,18,19,20). The fraction of sp³-hybridized carbons (Fsp3) is 0.625. The van der Waals surface area contributed by atoms with E-state index in [0.717, 1.165) is 39.3 Å². The van der Waals surface area contributed by atoms with Crippen molar-refractivity contribution in [3.8, 4) is 0 Å². The quantitative estimate of drug-likeness (QED) is 0.848. The molecule has 2 aromatic rings. The first kappa shape index (κ1) is 11.7. The first-order valence-electron chi connectivity index (χ1n) is 7.77. The molecule has 6 rings (SSSR count). The second-order valence-corrected chi connectivity index (χ2v) is 8.02. The zero-order chi connectivity index (χ0) is 13.3. The molecule has 0 saturated heterocycles. The number of aromatic nitrogens is 3. The van der Waals surface area contributed by atoms with Crippen LogP contribution in [0.15, 0.2) is 16.7 Å². The molecule has 4 bridgehead atoms. The average Bonchev–Trinajstić information content (AvgIpc) is 2.79. The van der Waals surface area contributed by atoms with Crippen molar-refractivity contribution in [3.05, 3.63) is 22.6 Å². The number of nitrogens with zero attached hydrogens (tertiary/aromatic N) is 2. The summed E-state index contributed by atoms with van der Waals surface area (Å²) < 4.78 is 1.02. The lowest BCUT2D eigenvalue weighted by atomic mass is 9.52. The number of fused-ring (bicyclic) bond motifs is 1. The van der Waals surface area contributed by atoms with Crippen molar-refractivity contribution in [1.82, 2.24) is 15.0 Å². The van der Waals surface area contributed by atoms with Gasteiger partial charge in [0.15, 0.2) is 5.65 Å². The molecule has 3 nitrogen and oxygen atoms in total. The molecule has 4 heteroatoms. The van der Waals surface area contributed by atoms with Gasteiger partial charge in [0.05, 0.1) is 5.52 Å². The van der Waals surface area contributed by atoms with Crippen LogP contribution in [0.25, 0.3) is 11.2 Å². The molecule has 1 N–H and O–H groups in total.